The molecule has 3 N–H and O–H groups in total. The van der Waals surface area contributed by atoms with Crippen LogP contribution < -0.4 is 5.73 Å². The van der Waals surface area contributed by atoms with E-state index in [0.29, 0.717) is 17.1 Å². The SMILES string of the molecule is Nc1ncc(C(F)(F)F)c(-c2n[nH]c3cc(-c4nccs4)ccc23)n1. The number of aromatic amines is 1. The van der Waals surface area contributed by atoms with E-state index in [1.165, 1.54) is 11.3 Å². The summed E-state index contributed by atoms with van der Waals surface area (Å²) in [5.41, 5.74) is 5.63. The Labute approximate surface area is 142 Å². The van der Waals surface area contributed by atoms with E-state index in [2.05, 4.69) is 25.1 Å². The Bertz CT molecular complexity index is 1060. The molecule has 0 saturated carbocycles. The minimum Gasteiger partial charge on any atom is -0.368 e. The van der Waals surface area contributed by atoms with Gasteiger partial charge in [0.25, 0.3) is 0 Å². The van der Waals surface area contributed by atoms with Crippen LogP contribution in [-0.2, 0) is 6.18 Å². The van der Waals surface area contributed by atoms with Crippen LogP contribution in [0.3, 0.4) is 0 Å². The summed E-state index contributed by atoms with van der Waals surface area (Å²) < 4.78 is 39.8. The van der Waals surface area contributed by atoms with Gasteiger partial charge in [0.2, 0.25) is 5.95 Å². The average Bonchev–Trinajstić information content (AvgIpc) is 3.22. The van der Waals surface area contributed by atoms with Gasteiger partial charge in [0.05, 0.1) is 5.52 Å². The summed E-state index contributed by atoms with van der Waals surface area (Å²) in [6, 6.07) is 5.24. The number of hydrogen-bond acceptors (Lipinski definition) is 6. The van der Waals surface area contributed by atoms with E-state index in [1.807, 2.05) is 5.38 Å². The van der Waals surface area contributed by atoms with Gasteiger partial charge in [-0.25, -0.2) is 15.0 Å². The van der Waals surface area contributed by atoms with Crippen molar-refractivity contribution in [3.63, 3.8) is 0 Å². The maximum atomic E-state index is 13.3. The van der Waals surface area contributed by atoms with E-state index in [9.17, 15) is 13.2 Å². The Balaban J connectivity index is 1.90. The molecule has 0 unspecified atom stereocenters. The van der Waals surface area contributed by atoms with Gasteiger partial charge in [-0.15, -0.1) is 11.3 Å². The van der Waals surface area contributed by atoms with E-state index in [-0.39, 0.29) is 17.3 Å². The minimum atomic E-state index is -4.62. The number of hydrogen-bond donors (Lipinski definition) is 2. The molecule has 0 bridgehead atoms. The van der Waals surface area contributed by atoms with Crippen LogP contribution in [0.15, 0.2) is 36.0 Å². The normalized spacial score (nSPS) is 12.0. The number of H-pyrrole nitrogens is 1. The first-order valence-corrected chi connectivity index (χ1v) is 7.89. The van der Waals surface area contributed by atoms with Crippen LogP contribution in [0.5, 0.6) is 0 Å². The van der Waals surface area contributed by atoms with Gasteiger partial charge in [0.1, 0.15) is 22.0 Å². The first-order chi connectivity index (χ1) is 11.9. The lowest BCUT2D eigenvalue weighted by molar-refractivity contribution is -0.137. The van der Waals surface area contributed by atoms with Gasteiger partial charge in [0, 0.05) is 28.7 Å². The van der Waals surface area contributed by atoms with Crippen LogP contribution in [0, 0.1) is 0 Å². The second kappa shape index (κ2) is 5.52. The van der Waals surface area contributed by atoms with Gasteiger partial charge in [-0.3, -0.25) is 5.10 Å². The minimum absolute atomic E-state index is 0.0714. The fourth-order valence-electron chi connectivity index (χ4n) is 2.48. The lowest BCUT2D eigenvalue weighted by Gasteiger charge is -2.10. The molecule has 0 fully saturated rings. The van der Waals surface area contributed by atoms with E-state index < -0.39 is 11.7 Å². The number of nitrogens with two attached hydrogens (primary N) is 1. The van der Waals surface area contributed by atoms with Crippen LogP contribution >= 0.6 is 11.3 Å². The summed E-state index contributed by atoms with van der Waals surface area (Å²) in [6.45, 7) is 0. The lowest BCUT2D eigenvalue weighted by atomic mass is 10.1. The van der Waals surface area contributed by atoms with E-state index in [0.717, 1.165) is 10.6 Å². The largest absolute Gasteiger partial charge is 0.420 e. The highest BCUT2D eigenvalue weighted by molar-refractivity contribution is 7.13. The van der Waals surface area contributed by atoms with Crippen LogP contribution in [-0.4, -0.2) is 25.1 Å². The molecule has 0 aliphatic carbocycles. The molecule has 6 nitrogen and oxygen atoms in total. The Morgan fingerprint density at radius 3 is 2.68 bits per heavy atom. The summed E-state index contributed by atoms with van der Waals surface area (Å²) in [6.07, 6.45) is -2.26. The van der Waals surface area contributed by atoms with Crippen molar-refractivity contribution < 1.29 is 13.2 Å². The predicted octanol–water partition coefficient (Wildman–Crippen LogP) is 3.74. The number of nitrogens with one attached hydrogen (secondary N) is 1. The van der Waals surface area contributed by atoms with Crippen molar-refractivity contribution in [1.82, 2.24) is 25.1 Å². The van der Waals surface area contributed by atoms with Crippen molar-refractivity contribution in [3.8, 4) is 22.0 Å². The summed E-state index contributed by atoms with van der Waals surface area (Å²) in [5, 5.41) is 9.91. The molecule has 10 heteroatoms. The molecule has 126 valence electrons. The van der Waals surface area contributed by atoms with Crippen LogP contribution in [0.25, 0.3) is 32.9 Å². The number of anilines is 1. The molecular weight excluding hydrogens is 353 g/mol. The van der Waals surface area contributed by atoms with Crippen molar-refractivity contribution in [1.29, 1.82) is 0 Å². The number of nitrogen functional groups attached to an aromatic ring is 1. The molecule has 4 rings (SSSR count). The third-order valence-corrected chi connectivity index (χ3v) is 4.40. The first-order valence-electron chi connectivity index (χ1n) is 7.01. The fraction of sp³-hybridized carbons (Fsp3) is 0.0667. The van der Waals surface area contributed by atoms with Gasteiger partial charge in [-0.05, 0) is 12.1 Å². The predicted molar refractivity (Wildman–Crippen MR) is 87.6 cm³/mol. The van der Waals surface area contributed by atoms with Crippen LogP contribution in [0.2, 0.25) is 0 Å². The molecule has 3 heterocycles. The molecule has 25 heavy (non-hydrogen) atoms. The zero-order valence-electron chi connectivity index (χ0n) is 12.4. The third-order valence-electron chi connectivity index (χ3n) is 3.58. The highest BCUT2D eigenvalue weighted by Crippen LogP contribution is 2.38. The topological polar surface area (TPSA) is 93.4 Å². The van der Waals surface area contributed by atoms with Crippen LogP contribution in [0.4, 0.5) is 19.1 Å². The fourth-order valence-corrected chi connectivity index (χ4v) is 3.12. The first kappa shape index (κ1) is 15.5. The Hall–Kier alpha value is -3.01. The van der Waals surface area contributed by atoms with E-state index >= 15 is 0 Å². The highest BCUT2D eigenvalue weighted by atomic mass is 32.1. The number of thiazole rings is 1. The maximum Gasteiger partial charge on any atom is 0.420 e. The van der Waals surface area contributed by atoms with Gasteiger partial charge in [-0.1, -0.05) is 6.07 Å². The van der Waals surface area contributed by atoms with Crippen molar-refractivity contribution in [3.05, 3.63) is 41.5 Å². The molecular formula is C15H9F3N6S. The summed E-state index contributed by atoms with van der Waals surface area (Å²) in [5.74, 6) is -0.251. The van der Waals surface area contributed by atoms with Gasteiger partial charge in [0.15, 0.2) is 0 Å². The van der Waals surface area contributed by atoms with Crippen molar-refractivity contribution >= 4 is 28.2 Å². The molecule has 4 aromatic rings. The van der Waals surface area contributed by atoms with Crippen molar-refractivity contribution in [2.75, 3.05) is 5.73 Å². The zero-order chi connectivity index (χ0) is 17.6. The third kappa shape index (κ3) is 2.70. The number of rotatable bonds is 2. The Morgan fingerprint density at radius 1 is 1.12 bits per heavy atom. The maximum absolute atomic E-state index is 13.3. The summed E-state index contributed by atoms with van der Waals surface area (Å²) >= 11 is 1.46. The molecule has 0 aliphatic rings. The number of benzene rings is 1. The standard InChI is InChI=1S/C15H9F3N6S/c16-15(17,18)9-6-21-14(19)22-12(9)11-8-2-1-7(5-10(8)23-24-11)13-20-3-4-25-13/h1-6H,(H,23,24)(H2,19,21,22). The monoisotopic (exact) mass is 362 g/mol. The lowest BCUT2D eigenvalue weighted by Crippen LogP contribution is -2.11. The quantitative estimate of drug-likeness (QED) is 0.566. The number of fused-ring (bicyclic) bond motifs is 1. The Kier molecular flexibility index (Phi) is 3.42. The molecule has 3 aromatic heterocycles. The number of alkyl halides is 3. The second-order valence-corrected chi connectivity index (χ2v) is 6.05. The summed E-state index contributed by atoms with van der Waals surface area (Å²) in [7, 11) is 0. The molecule has 0 saturated heterocycles. The molecule has 0 atom stereocenters. The highest BCUT2D eigenvalue weighted by Gasteiger charge is 2.36. The molecule has 0 spiro atoms. The van der Waals surface area contributed by atoms with Crippen molar-refractivity contribution in [2.24, 2.45) is 0 Å². The molecule has 0 radical (unpaired) electrons. The van der Waals surface area contributed by atoms with Gasteiger partial charge < -0.3 is 5.73 Å². The van der Waals surface area contributed by atoms with Gasteiger partial charge >= 0.3 is 6.18 Å². The number of aromatic nitrogens is 5. The zero-order valence-corrected chi connectivity index (χ0v) is 13.2. The van der Waals surface area contributed by atoms with Gasteiger partial charge in [-0.2, -0.15) is 18.3 Å². The number of halogens is 3. The smallest absolute Gasteiger partial charge is 0.368 e. The van der Waals surface area contributed by atoms with Crippen LogP contribution in [0.1, 0.15) is 5.56 Å². The van der Waals surface area contributed by atoms with Crippen molar-refractivity contribution in [2.45, 2.75) is 6.18 Å². The van der Waals surface area contributed by atoms with E-state index in [1.54, 1.807) is 24.4 Å². The van der Waals surface area contributed by atoms with E-state index in [4.69, 9.17) is 5.73 Å². The average molecular weight is 362 g/mol. The molecule has 1 aromatic carbocycles. The molecule has 0 aliphatic heterocycles. The Morgan fingerprint density at radius 2 is 1.96 bits per heavy atom. The number of nitrogens with zero attached hydrogens (tertiary/aromatic N) is 4. The molecule has 0 amide bonds. The second-order valence-electron chi connectivity index (χ2n) is 5.16. The summed E-state index contributed by atoms with van der Waals surface area (Å²) in [4.78, 5) is 11.4.